The smallest absolute Gasteiger partial charge is 0.123 e. The average molecular weight is 256 g/mol. The predicted molar refractivity (Wildman–Crippen MR) is 76.6 cm³/mol. The summed E-state index contributed by atoms with van der Waals surface area (Å²) in [6.45, 7) is 8.46. The van der Waals surface area contributed by atoms with Crippen LogP contribution in [0.25, 0.3) is 11.1 Å². The van der Waals surface area contributed by atoms with E-state index < -0.39 is 0 Å². The van der Waals surface area contributed by atoms with E-state index >= 15 is 0 Å². The van der Waals surface area contributed by atoms with E-state index in [1.807, 2.05) is 6.20 Å². The topological polar surface area (TPSA) is 12.9 Å². The third-order valence-electron chi connectivity index (χ3n) is 3.19. The van der Waals surface area contributed by atoms with Gasteiger partial charge >= 0.3 is 0 Å². The van der Waals surface area contributed by atoms with Gasteiger partial charge in [0.15, 0.2) is 0 Å². The lowest BCUT2D eigenvalue weighted by Crippen LogP contribution is -2.00. The van der Waals surface area contributed by atoms with E-state index in [2.05, 4.69) is 38.7 Å². The van der Waals surface area contributed by atoms with Gasteiger partial charge in [-0.25, -0.2) is 4.39 Å². The summed E-state index contributed by atoms with van der Waals surface area (Å²) in [4.78, 5) is 4.47. The van der Waals surface area contributed by atoms with Crippen LogP contribution in [0.2, 0.25) is 0 Å². The summed E-state index contributed by atoms with van der Waals surface area (Å²) in [6, 6.07) is 9.98. The van der Waals surface area contributed by atoms with E-state index in [0.29, 0.717) is 11.8 Å². The third kappa shape index (κ3) is 3.01. The fraction of sp³-hybridized carbons (Fsp3) is 0.353. The highest BCUT2D eigenvalue weighted by molar-refractivity contribution is 5.67. The molecule has 1 aromatic carbocycles. The minimum Gasteiger partial charge on any atom is -0.260 e. The molecule has 2 aromatic rings. The summed E-state index contributed by atoms with van der Waals surface area (Å²) >= 11 is 0. The molecule has 0 spiro atoms. The second-order valence-corrected chi connectivity index (χ2v) is 5.42. The van der Waals surface area contributed by atoms with Crippen LogP contribution in [-0.4, -0.2) is 4.98 Å². The molecule has 0 N–H and O–H groups in total. The molecule has 1 heterocycles. The molecule has 0 amide bonds. The van der Waals surface area contributed by atoms with Crippen LogP contribution >= 0.6 is 0 Å². The van der Waals surface area contributed by atoms with E-state index in [4.69, 9.17) is 0 Å². The second-order valence-electron chi connectivity index (χ2n) is 5.42. The molecule has 2 rings (SSSR count). The van der Waals surface area contributed by atoms with Gasteiger partial charge in [-0.15, -0.1) is 0 Å². The van der Waals surface area contributed by atoms with Gasteiger partial charge in [0.25, 0.3) is 0 Å². The summed E-state index contributed by atoms with van der Waals surface area (Å²) < 4.78 is 13.0. The van der Waals surface area contributed by atoms with Crippen molar-refractivity contribution in [1.29, 1.82) is 0 Å². The van der Waals surface area contributed by atoms with Crippen molar-refractivity contribution in [2.24, 2.45) is 0 Å². The summed E-state index contributed by atoms with van der Waals surface area (Å²) in [5.41, 5.74) is 4.13. The van der Waals surface area contributed by atoms with Crippen LogP contribution in [0.1, 0.15) is 50.8 Å². The van der Waals surface area contributed by atoms with Crippen molar-refractivity contribution in [3.63, 3.8) is 0 Å². The fourth-order valence-corrected chi connectivity index (χ4v) is 2.02. The standard InChI is InChI=1S/C17H19FN/c1-11(2)16-10-19-17(12(3)4)9-15(16)13-5-7-14(18)8-6-13/h5-8,10-12H,1-4H3. The van der Waals surface area contributed by atoms with Gasteiger partial charge < -0.3 is 0 Å². The molecular weight excluding hydrogens is 237 g/mol. The van der Waals surface area contributed by atoms with Gasteiger partial charge in [0.2, 0.25) is 0 Å². The lowest BCUT2D eigenvalue weighted by atomic mass is 9.92. The SMILES string of the molecule is CC(C)c1[c]c(-c2ccc(F)cc2)c(C(C)C)cn1. The van der Waals surface area contributed by atoms with Crippen LogP contribution in [-0.2, 0) is 0 Å². The van der Waals surface area contributed by atoms with Crippen LogP contribution in [0, 0.1) is 11.9 Å². The van der Waals surface area contributed by atoms with Gasteiger partial charge in [-0.2, -0.15) is 0 Å². The number of halogens is 1. The molecule has 2 heteroatoms. The molecule has 1 radical (unpaired) electrons. The Kier molecular flexibility index (Phi) is 3.98. The molecule has 19 heavy (non-hydrogen) atoms. The number of hydrogen-bond donors (Lipinski definition) is 0. The summed E-state index contributed by atoms with van der Waals surface area (Å²) in [5.74, 6) is 0.485. The quantitative estimate of drug-likeness (QED) is 0.758. The van der Waals surface area contributed by atoms with Crippen molar-refractivity contribution >= 4 is 0 Å². The number of nitrogens with zero attached hydrogens (tertiary/aromatic N) is 1. The number of hydrogen-bond acceptors (Lipinski definition) is 1. The summed E-state index contributed by atoms with van der Waals surface area (Å²) in [6.07, 6.45) is 1.93. The van der Waals surface area contributed by atoms with Gasteiger partial charge in [-0.1, -0.05) is 39.8 Å². The number of benzene rings is 1. The molecular formula is C17H19FN. The molecule has 0 aliphatic carbocycles. The van der Waals surface area contributed by atoms with Gasteiger partial charge in [0.05, 0.1) is 5.69 Å². The predicted octanol–water partition coefficient (Wildman–Crippen LogP) is 4.93. The summed E-state index contributed by atoms with van der Waals surface area (Å²) in [5, 5.41) is 0. The Balaban J connectivity index is 2.57. The van der Waals surface area contributed by atoms with E-state index in [0.717, 1.165) is 22.4 Å². The number of rotatable bonds is 3. The van der Waals surface area contributed by atoms with E-state index in [-0.39, 0.29) is 5.82 Å². The third-order valence-corrected chi connectivity index (χ3v) is 3.19. The lowest BCUT2D eigenvalue weighted by Gasteiger charge is -2.15. The molecule has 0 aliphatic rings. The number of pyridine rings is 1. The zero-order chi connectivity index (χ0) is 14.0. The zero-order valence-corrected chi connectivity index (χ0v) is 11.9. The Labute approximate surface area is 114 Å². The van der Waals surface area contributed by atoms with Crippen LogP contribution in [0.5, 0.6) is 0 Å². The van der Waals surface area contributed by atoms with Crippen molar-refractivity contribution in [2.45, 2.75) is 39.5 Å². The maximum atomic E-state index is 13.0. The first-order valence-electron chi connectivity index (χ1n) is 6.67. The van der Waals surface area contributed by atoms with Crippen LogP contribution < -0.4 is 0 Å². The van der Waals surface area contributed by atoms with Crippen molar-refractivity contribution in [3.05, 3.63) is 53.6 Å². The molecule has 0 saturated carbocycles. The Bertz CT molecular complexity index is 556. The Morgan fingerprint density at radius 2 is 1.63 bits per heavy atom. The molecule has 0 atom stereocenters. The number of aromatic nitrogens is 1. The molecule has 0 fully saturated rings. The minimum absolute atomic E-state index is 0.215. The van der Waals surface area contributed by atoms with Crippen LogP contribution in [0.3, 0.4) is 0 Å². The highest BCUT2D eigenvalue weighted by atomic mass is 19.1. The van der Waals surface area contributed by atoms with Gasteiger partial charge in [0, 0.05) is 12.3 Å². The first-order chi connectivity index (χ1) is 8.99. The van der Waals surface area contributed by atoms with Gasteiger partial charge in [0.1, 0.15) is 5.82 Å². The largest absolute Gasteiger partial charge is 0.260 e. The highest BCUT2D eigenvalue weighted by Crippen LogP contribution is 2.30. The fourth-order valence-electron chi connectivity index (χ4n) is 2.02. The van der Waals surface area contributed by atoms with Crippen LogP contribution in [0.15, 0.2) is 30.5 Å². The van der Waals surface area contributed by atoms with Crippen molar-refractivity contribution in [3.8, 4) is 11.1 Å². The molecule has 99 valence electrons. The van der Waals surface area contributed by atoms with Crippen molar-refractivity contribution in [1.82, 2.24) is 4.98 Å². The van der Waals surface area contributed by atoms with Crippen molar-refractivity contribution in [2.75, 3.05) is 0 Å². The van der Waals surface area contributed by atoms with E-state index in [1.165, 1.54) is 12.1 Å². The first-order valence-corrected chi connectivity index (χ1v) is 6.67. The zero-order valence-electron chi connectivity index (χ0n) is 11.9. The van der Waals surface area contributed by atoms with Crippen molar-refractivity contribution < 1.29 is 4.39 Å². The molecule has 0 aliphatic heterocycles. The average Bonchev–Trinajstić information content (AvgIpc) is 2.38. The monoisotopic (exact) mass is 256 g/mol. The molecule has 0 bridgehead atoms. The molecule has 0 saturated heterocycles. The molecule has 1 aromatic heterocycles. The highest BCUT2D eigenvalue weighted by Gasteiger charge is 2.12. The first kappa shape index (κ1) is 13.7. The Morgan fingerprint density at radius 3 is 2.16 bits per heavy atom. The Morgan fingerprint density at radius 1 is 1.00 bits per heavy atom. The minimum atomic E-state index is -0.215. The normalized spacial score (nSPS) is 11.3. The summed E-state index contributed by atoms with van der Waals surface area (Å²) in [7, 11) is 0. The molecule has 1 nitrogen and oxygen atoms in total. The van der Waals surface area contributed by atoms with Gasteiger partial charge in [-0.05, 0) is 40.7 Å². The maximum Gasteiger partial charge on any atom is 0.123 e. The molecule has 0 unspecified atom stereocenters. The van der Waals surface area contributed by atoms with E-state index in [9.17, 15) is 4.39 Å². The van der Waals surface area contributed by atoms with E-state index in [1.54, 1.807) is 12.1 Å². The van der Waals surface area contributed by atoms with Gasteiger partial charge in [-0.3, -0.25) is 4.98 Å². The maximum absolute atomic E-state index is 13.0. The van der Waals surface area contributed by atoms with Crippen LogP contribution in [0.4, 0.5) is 4.39 Å². The second kappa shape index (κ2) is 5.52. The Hall–Kier alpha value is -1.70. The lowest BCUT2D eigenvalue weighted by molar-refractivity contribution is 0.628.